The number of fused-ring (bicyclic) bond motifs is 2. The van der Waals surface area contributed by atoms with Crippen LogP contribution in [-0.4, -0.2) is 32.4 Å². The number of benzene rings is 2. The molecule has 6 nitrogen and oxygen atoms in total. The van der Waals surface area contributed by atoms with Crippen LogP contribution in [0.3, 0.4) is 0 Å². The third-order valence-electron chi connectivity index (χ3n) is 4.11. The fraction of sp³-hybridized carbons (Fsp3) is 0.167. The molecule has 2 heterocycles. The van der Waals surface area contributed by atoms with Gasteiger partial charge in [-0.3, -0.25) is 4.79 Å². The molecule has 0 bridgehead atoms. The number of nitrogens with zero attached hydrogens (tertiary/aromatic N) is 3. The monoisotopic (exact) mass is 319 g/mol. The van der Waals surface area contributed by atoms with E-state index in [9.17, 15) is 4.79 Å². The lowest BCUT2D eigenvalue weighted by molar-refractivity contribution is -0.121. The van der Waals surface area contributed by atoms with Crippen molar-refractivity contribution in [3.63, 3.8) is 0 Å². The second-order valence-electron chi connectivity index (χ2n) is 5.70. The first-order valence-corrected chi connectivity index (χ1v) is 7.91. The van der Waals surface area contributed by atoms with Crippen molar-refractivity contribution in [1.29, 1.82) is 0 Å². The minimum atomic E-state index is -0.0644. The average molecular weight is 319 g/mol. The molecule has 0 saturated carbocycles. The predicted octanol–water partition coefficient (Wildman–Crippen LogP) is 2.27. The number of aromatic nitrogens is 4. The molecule has 2 aromatic carbocycles. The molecule has 0 fully saturated rings. The normalized spacial score (nSPS) is 11.2. The highest BCUT2D eigenvalue weighted by atomic mass is 16.2. The van der Waals surface area contributed by atoms with Gasteiger partial charge in [0.15, 0.2) is 0 Å². The molecule has 0 aliphatic heterocycles. The Morgan fingerprint density at radius 2 is 1.96 bits per heavy atom. The molecule has 0 unspecified atom stereocenters. The van der Waals surface area contributed by atoms with Crippen molar-refractivity contribution < 1.29 is 4.79 Å². The maximum atomic E-state index is 12.1. The van der Waals surface area contributed by atoms with Gasteiger partial charge in [-0.25, -0.2) is 4.68 Å². The van der Waals surface area contributed by atoms with E-state index in [0.717, 1.165) is 23.0 Å². The predicted molar refractivity (Wildman–Crippen MR) is 92.5 cm³/mol. The zero-order valence-electron chi connectivity index (χ0n) is 13.1. The Kier molecular flexibility index (Phi) is 3.70. The summed E-state index contributed by atoms with van der Waals surface area (Å²) in [6.45, 7) is 0.766. The first kappa shape index (κ1) is 14.4. The van der Waals surface area contributed by atoms with Crippen molar-refractivity contribution in [2.75, 3.05) is 6.54 Å². The van der Waals surface area contributed by atoms with Crippen LogP contribution in [0.15, 0.2) is 54.7 Å². The Hall–Kier alpha value is -3.15. The summed E-state index contributed by atoms with van der Waals surface area (Å²) < 4.78 is 1.62. The first-order chi connectivity index (χ1) is 11.8. The van der Waals surface area contributed by atoms with Gasteiger partial charge in [0.05, 0.1) is 5.52 Å². The lowest BCUT2D eigenvalue weighted by atomic mass is 10.1. The summed E-state index contributed by atoms with van der Waals surface area (Å²) in [5, 5.41) is 12.2. The standard InChI is InChI=1S/C18H17N5O/c24-18(12-23-17-8-4-3-7-16(17)21-22-23)19-10-9-13-11-20-15-6-2-1-5-14(13)15/h1-8,11,20H,9-10,12H2,(H,19,24). The molecule has 0 aliphatic carbocycles. The maximum Gasteiger partial charge on any atom is 0.241 e. The van der Waals surface area contributed by atoms with Gasteiger partial charge >= 0.3 is 0 Å². The summed E-state index contributed by atoms with van der Waals surface area (Å²) in [6.07, 6.45) is 2.79. The number of hydrogen-bond acceptors (Lipinski definition) is 3. The smallest absolute Gasteiger partial charge is 0.241 e. The number of carbonyl (C=O) groups is 1. The van der Waals surface area contributed by atoms with E-state index in [1.54, 1.807) is 4.68 Å². The van der Waals surface area contributed by atoms with E-state index in [1.807, 2.05) is 48.7 Å². The van der Waals surface area contributed by atoms with Crippen LogP contribution < -0.4 is 5.32 Å². The third kappa shape index (κ3) is 2.74. The van der Waals surface area contributed by atoms with Gasteiger partial charge in [0.1, 0.15) is 12.1 Å². The van der Waals surface area contributed by atoms with E-state index in [0.29, 0.717) is 6.54 Å². The molecule has 120 valence electrons. The molecular formula is C18H17N5O. The molecule has 0 saturated heterocycles. The SMILES string of the molecule is O=C(Cn1nnc2ccccc21)NCCc1c[nH]c2ccccc12. The molecule has 0 aliphatic rings. The highest BCUT2D eigenvalue weighted by molar-refractivity contribution is 5.83. The topological polar surface area (TPSA) is 75.6 Å². The minimum Gasteiger partial charge on any atom is -0.361 e. The first-order valence-electron chi connectivity index (χ1n) is 7.91. The molecule has 2 N–H and O–H groups in total. The molecule has 4 rings (SSSR count). The number of rotatable bonds is 5. The van der Waals surface area contributed by atoms with E-state index >= 15 is 0 Å². The van der Waals surface area contributed by atoms with Gasteiger partial charge in [0, 0.05) is 23.6 Å². The highest BCUT2D eigenvalue weighted by Crippen LogP contribution is 2.17. The van der Waals surface area contributed by atoms with Gasteiger partial charge in [-0.05, 0) is 30.2 Å². The van der Waals surface area contributed by atoms with Crippen LogP contribution >= 0.6 is 0 Å². The molecular weight excluding hydrogens is 302 g/mol. The van der Waals surface area contributed by atoms with Crippen molar-refractivity contribution in [3.05, 3.63) is 60.3 Å². The Labute approximate surface area is 138 Å². The zero-order chi connectivity index (χ0) is 16.4. The Balaban J connectivity index is 1.37. The summed E-state index contributed by atoms with van der Waals surface area (Å²) in [4.78, 5) is 15.4. The Morgan fingerprint density at radius 1 is 1.12 bits per heavy atom. The van der Waals surface area contributed by atoms with Gasteiger partial charge in [0.25, 0.3) is 0 Å². The number of para-hydroxylation sites is 2. The van der Waals surface area contributed by atoms with E-state index in [4.69, 9.17) is 0 Å². The van der Waals surface area contributed by atoms with Gasteiger partial charge in [-0.2, -0.15) is 0 Å². The lowest BCUT2D eigenvalue weighted by Crippen LogP contribution is -2.29. The van der Waals surface area contributed by atoms with E-state index < -0.39 is 0 Å². The summed E-state index contributed by atoms with van der Waals surface area (Å²) in [6, 6.07) is 15.8. The molecule has 24 heavy (non-hydrogen) atoms. The number of amides is 1. The summed E-state index contributed by atoms with van der Waals surface area (Å²) in [5.41, 5.74) is 3.98. The second kappa shape index (κ2) is 6.16. The number of nitrogens with one attached hydrogen (secondary N) is 2. The minimum absolute atomic E-state index is 0.0644. The largest absolute Gasteiger partial charge is 0.361 e. The van der Waals surface area contributed by atoms with Crippen LogP contribution in [0, 0.1) is 0 Å². The third-order valence-corrected chi connectivity index (χ3v) is 4.11. The van der Waals surface area contributed by atoms with E-state index in [-0.39, 0.29) is 12.5 Å². The highest BCUT2D eigenvalue weighted by Gasteiger charge is 2.09. The van der Waals surface area contributed by atoms with Crippen LogP contribution in [0.25, 0.3) is 21.9 Å². The van der Waals surface area contributed by atoms with Gasteiger partial charge in [-0.1, -0.05) is 35.5 Å². The summed E-state index contributed by atoms with van der Waals surface area (Å²) in [7, 11) is 0. The number of hydrogen-bond donors (Lipinski definition) is 2. The molecule has 0 spiro atoms. The van der Waals surface area contributed by atoms with Gasteiger partial charge < -0.3 is 10.3 Å². The molecule has 6 heteroatoms. The quantitative estimate of drug-likeness (QED) is 0.592. The molecule has 1 amide bonds. The van der Waals surface area contributed by atoms with Crippen LogP contribution in [0.2, 0.25) is 0 Å². The second-order valence-corrected chi connectivity index (χ2v) is 5.70. The van der Waals surface area contributed by atoms with Crippen LogP contribution in [0.5, 0.6) is 0 Å². The number of carbonyl (C=O) groups excluding carboxylic acids is 1. The van der Waals surface area contributed by atoms with E-state index in [1.165, 1.54) is 10.9 Å². The van der Waals surface area contributed by atoms with E-state index in [2.05, 4.69) is 26.7 Å². The average Bonchev–Trinajstić information content (AvgIpc) is 3.20. The van der Waals surface area contributed by atoms with Gasteiger partial charge in [-0.15, -0.1) is 5.10 Å². The number of H-pyrrole nitrogens is 1. The Morgan fingerprint density at radius 3 is 2.92 bits per heavy atom. The van der Waals surface area contributed by atoms with Crippen LogP contribution in [-0.2, 0) is 17.8 Å². The summed E-state index contributed by atoms with van der Waals surface area (Å²) >= 11 is 0. The summed E-state index contributed by atoms with van der Waals surface area (Å²) in [5.74, 6) is -0.0644. The molecule has 2 aromatic heterocycles. The van der Waals surface area contributed by atoms with Crippen molar-refractivity contribution in [2.45, 2.75) is 13.0 Å². The molecule has 0 radical (unpaired) electrons. The van der Waals surface area contributed by atoms with Crippen molar-refractivity contribution in [2.24, 2.45) is 0 Å². The van der Waals surface area contributed by atoms with Crippen LogP contribution in [0.4, 0.5) is 0 Å². The number of aromatic amines is 1. The maximum absolute atomic E-state index is 12.1. The molecule has 4 aromatic rings. The fourth-order valence-corrected chi connectivity index (χ4v) is 2.90. The Bertz CT molecular complexity index is 1000. The zero-order valence-corrected chi connectivity index (χ0v) is 13.1. The fourth-order valence-electron chi connectivity index (χ4n) is 2.90. The van der Waals surface area contributed by atoms with Crippen molar-refractivity contribution >= 4 is 27.8 Å². The van der Waals surface area contributed by atoms with Gasteiger partial charge in [0.2, 0.25) is 5.91 Å². The molecule has 0 atom stereocenters. The van der Waals surface area contributed by atoms with Crippen LogP contribution in [0.1, 0.15) is 5.56 Å². The lowest BCUT2D eigenvalue weighted by Gasteiger charge is -2.05. The van der Waals surface area contributed by atoms with Crippen molar-refractivity contribution in [3.8, 4) is 0 Å². The van der Waals surface area contributed by atoms with Crippen molar-refractivity contribution in [1.82, 2.24) is 25.3 Å².